The van der Waals surface area contributed by atoms with Gasteiger partial charge in [0, 0.05) is 23.8 Å². The van der Waals surface area contributed by atoms with Gasteiger partial charge in [-0.3, -0.25) is 19.2 Å². The van der Waals surface area contributed by atoms with Crippen LogP contribution in [-0.4, -0.2) is 41.3 Å². The summed E-state index contributed by atoms with van der Waals surface area (Å²) in [5, 5.41) is 7.72. The van der Waals surface area contributed by atoms with Crippen molar-refractivity contribution in [1.29, 1.82) is 0 Å². The molecule has 2 amide bonds. The molecule has 26 heavy (non-hydrogen) atoms. The number of anilines is 1. The Morgan fingerprint density at radius 1 is 1.35 bits per heavy atom. The molecule has 8 heteroatoms. The number of rotatable bonds is 6. The van der Waals surface area contributed by atoms with E-state index in [2.05, 4.69) is 10.4 Å². The maximum atomic E-state index is 12.2. The highest BCUT2D eigenvalue weighted by Crippen LogP contribution is 2.34. The SMILES string of the molecule is Cc1cc(C)n(CCCNC(=O)CN2C(=O)COc3ccc(Cl)cc32)n1. The molecular weight excluding hydrogens is 356 g/mol. The van der Waals surface area contributed by atoms with Crippen LogP contribution >= 0.6 is 11.6 Å². The fourth-order valence-electron chi connectivity index (χ4n) is 2.91. The minimum Gasteiger partial charge on any atom is -0.482 e. The van der Waals surface area contributed by atoms with Crippen molar-refractivity contribution in [3.05, 3.63) is 40.7 Å². The molecule has 2 aromatic rings. The zero-order valence-electron chi connectivity index (χ0n) is 14.8. The molecule has 0 bridgehead atoms. The van der Waals surface area contributed by atoms with E-state index in [1.165, 1.54) is 4.90 Å². The summed E-state index contributed by atoms with van der Waals surface area (Å²) in [4.78, 5) is 25.8. The maximum absolute atomic E-state index is 12.2. The number of ether oxygens (including phenoxy) is 1. The van der Waals surface area contributed by atoms with E-state index in [-0.39, 0.29) is 25.0 Å². The van der Waals surface area contributed by atoms with Crippen molar-refractivity contribution in [2.24, 2.45) is 0 Å². The number of nitrogens with one attached hydrogen (secondary N) is 1. The van der Waals surface area contributed by atoms with Gasteiger partial charge in [-0.05, 0) is 44.5 Å². The lowest BCUT2D eigenvalue weighted by atomic mass is 10.2. The van der Waals surface area contributed by atoms with Gasteiger partial charge in [-0.2, -0.15) is 5.10 Å². The molecule has 0 aliphatic carbocycles. The molecule has 0 unspecified atom stereocenters. The summed E-state index contributed by atoms with van der Waals surface area (Å²) in [6.45, 7) is 5.06. The van der Waals surface area contributed by atoms with Gasteiger partial charge in [0.25, 0.3) is 5.91 Å². The second-order valence-corrected chi connectivity index (χ2v) is 6.67. The van der Waals surface area contributed by atoms with Crippen molar-refractivity contribution in [1.82, 2.24) is 15.1 Å². The Morgan fingerprint density at radius 3 is 2.88 bits per heavy atom. The molecule has 2 heterocycles. The van der Waals surface area contributed by atoms with Crippen LogP contribution in [0.2, 0.25) is 5.02 Å². The van der Waals surface area contributed by atoms with Crippen LogP contribution in [0.4, 0.5) is 5.69 Å². The molecule has 1 aliphatic rings. The van der Waals surface area contributed by atoms with Crippen LogP contribution in [0.5, 0.6) is 5.75 Å². The highest BCUT2D eigenvalue weighted by atomic mass is 35.5. The summed E-state index contributed by atoms with van der Waals surface area (Å²) >= 11 is 6.00. The third-order valence-electron chi connectivity index (χ3n) is 4.14. The van der Waals surface area contributed by atoms with Crippen molar-refractivity contribution in [3.8, 4) is 5.75 Å². The molecule has 1 aromatic heterocycles. The Hall–Kier alpha value is -2.54. The van der Waals surface area contributed by atoms with E-state index < -0.39 is 0 Å². The Balaban J connectivity index is 1.53. The van der Waals surface area contributed by atoms with Gasteiger partial charge in [-0.15, -0.1) is 0 Å². The Morgan fingerprint density at radius 2 is 2.15 bits per heavy atom. The van der Waals surface area contributed by atoms with Gasteiger partial charge < -0.3 is 10.1 Å². The molecule has 3 rings (SSSR count). The van der Waals surface area contributed by atoms with Gasteiger partial charge >= 0.3 is 0 Å². The molecule has 138 valence electrons. The first-order chi connectivity index (χ1) is 12.4. The van der Waals surface area contributed by atoms with E-state index in [1.54, 1.807) is 18.2 Å². The lowest BCUT2D eigenvalue weighted by molar-refractivity contribution is -0.125. The predicted molar refractivity (Wildman–Crippen MR) is 98.6 cm³/mol. The first-order valence-electron chi connectivity index (χ1n) is 8.44. The first kappa shape index (κ1) is 18.3. The van der Waals surface area contributed by atoms with Crippen molar-refractivity contribution in [2.75, 3.05) is 24.6 Å². The molecule has 0 saturated heterocycles. The smallest absolute Gasteiger partial charge is 0.265 e. The van der Waals surface area contributed by atoms with Crippen molar-refractivity contribution < 1.29 is 14.3 Å². The molecular formula is C18H21ClN4O3. The van der Waals surface area contributed by atoms with E-state index in [9.17, 15) is 9.59 Å². The monoisotopic (exact) mass is 376 g/mol. The summed E-state index contributed by atoms with van der Waals surface area (Å²) in [5.41, 5.74) is 2.60. The highest BCUT2D eigenvalue weighted by Gasteiger charge is 2.27. The summed E-state index contributed by atoms with van der Waals surface area (Å²) < 4.78 is 7.29. The Labute approximate surface area is 156 Å². The van der Waals surface area contributed by atoms with Gasteiger partial charge in [0.1, 0.15) is 12.3 Å². The van der Waals surface area contributed by atoms with E-state index in [1.807, 2.05) is 24.6 Å². The zero-order valence-corrected chi connectivity index (χ0v) is 15.5. The van der Waals surface area contributed by atoms with Crippen LogP contribution in [0, 0.1) is 13.8 Å². The van der Waals surface area contributed by atoms with Crippen molar-refractivity contribution in [3.63, 3.8) is 0 Å². The van der Waals surface area contributed by atoms with Crippen LogP contribution in [0.1, 0.15) is 17.8 Å². The molecule has 0 saturated carbocycles. The van der Waals surface area contributed by atoms with E-state index in [0.717, 1.165) is 24.4 Å². The minimum atomic E-state index is -0.266. The minimum absolute atomic E-state index is 0.0601. The number of carbonyl (C=O) groups is 2. The quantitative estimate of drug-likeness (QED) is 0.783. The molecule has 1 aliphatic heterocycles. The standard InChI is InChI=1S/C18H21ClN4O3/c1-12-8-13(2)23(21-12)7-3-6-20-17(24)10-22-15-9-14(19)4-5-16(15)26-11-18(22)25/h4-5,8-9H,3,6-7,10-11H2,1-2H3,(H,20,24). The van der Waals surface area contributed by atoms with Crippen LogP contribution in [0.3, 0.4) is 0 Å². The number of hydrogen-bond acceptors (Lipinski definition) is 4. The van der Waals surface area contributed by atoms with Gasteiger partial charge in [0.15, 0.2) is 6.61 Å². The average Bonchev–Trinajstić information content (AvgIpc) is 2.92. The number of fused-ring (bicyclic) bond motifs is 1. The van der Waals surface area contributed by atoms with Crippen LogP contribution < -0.4 is 15.0 Å². The summed E-state index contributed by atoms with van der Waals surface area (Å²) in [6.07, 6.45) is 0.757. The van der Waals surface area contributed by atoms with Gasteiger partial charge in [0.05, 0.1) is 11.4 Å². The number of hydrogen-bond donors (Lipinski definition) is 1. The van der Waals surface area contributed by atoms with Crippen molar-refractivity contribution >= 4 is 29.1 Å². The molecule has 0 fully saturated rings. The normalized spacial score (nSPS) is 13.3. The van der Waals surface area contributed by atoms with Gasteiger partial charge in [-0.1, -0.05) is 11.6 Å². The maximum Gasteiger partial charge on any atom is 0.265 e. The second kappa shape index (κ2) is 7.78. The molecule has 7 nitrogen and oxygen atoms in total. The molecule has 0 atom stereocenters. The first-order valence-corrected chi connectivity index (χ1v) is 8.82. The van der Waals surface area contributed by atoms with Crippen LogP contribution in [0.25, 0.3) is 0 Å². The summed E-state index contributed by atoms with van der Waals surface area (Å²) in [7, 11) is 0. The number of nitrogens with zero attached hydrogens (tertiary/aromatic N) is 3. The largest absolute Gasteiger partial charge is 0.482 e. The van der Waals surface area contributed by atoms with Crippen LogP contribution in [0.15, 0.2) is 24.3 Å². The van der Waals surface area contributed by atoms with E-state index >= 15 is 0 Å². The highest BCUT2D eigenvalue weighted by molar-refractivity contribution is 6.31. The average molecular weight is 377 g/mol. The van der Waals surface area contributed by atoms with E-state index in [4.69, 9.17) is 16.3 Å². The third-order valence-corrected chi connectivity index (χ3v) is 4.37. The van der Waals surface area contributed by atoms with Crippen molar-refractivity contribution in [2.45, 2.75) is 26.8 Å². The van der Waals surface area contributed by atoms with Gasteiger partial charge in [0.2, 0.25) is 5.91 Å². The fourth-order valence-corrected chi connectivity index (χ4v) is 3.07. The summed E-state index contributed by atoms with van der Waals surface area (Å²) in [5.74, 6) is 0.0587. The van der Waals surface area contributed by atoms with Crippen LogP contribution in [-0.2, 0) is 16.1 Å². The third kappa shape index (κ3) is 4.16. The zero-order chi connectivity index (χ0) is 18.7. The second-order valence-electron chi connectivity index (χ2n) is 6.23. The number of amides is 2. The fraction of sp³-hybridized carbons (Fsp3) is 0.389. The lowest BCUT2D eigenvalue weighted by Crippen LogP contribution is -2.45. The number of aryl methyl sites for hydroxylation is 3. The lowest BCUT2D eigenvalue weighted by Gasteiger charge is -2.29. The number of benzene rings is 1. The summed E-state index contributed by atoms with van der Waals surface area (Å²) in [6, 6.07) is 7.03. The Bertz CT molecular complexity index is 834. The number of carbonyl (C=O) groups excluding carboxylic acids is 2. The van der Waals surface area contributed by atoms with E-state index in [0.29, 0.717) is 23.0 Å². The van der Waals surface area contributed by atoms with Gasteiger partial charge in [-0.25, -0.2) is 0 Å². The molecule has 1 N–H and O–H groups in total. The molecule has 0 spiro atoms. The topological polar surface area (TPSA) is 76.5 Å². The predicted octanol–water partition coefficient (Wildman–Crippen LogP) is 2.09. The number of aromatic nitrogens is 2. The number of halogens is 1. The Kier molecular flexibility index (Phi) is 5.46. The molecule has 1 aromatic carbocycles. The molecule has 0 radical (unpaired) electrons.